The van der Waals surface area contributed by atoms with E-state index in [-0.39, 0.29) is 16.6 Å². The number of anilines is 1. The molecule has 0 saturated heterocycles. The molecule has 0 aliphatic rings. The normalized spacial score (nSPS) is 11.2. The summed E-state index contributed by atoms with van der Waals surface area (Å²) in [6, 6.07) is 12.2. The van der Waals surface area contributed by atoms with Gasteiger partial charge in [0.2, 0.25) is 10.0 Å². The van der Waals surface area contributed by atoms with Crippen LogP contribution in [0, 0.1) is 6.92 Å². The summed E-state index contributed by atoms with van der Waals surface area (Å²) < 4.78 is 26.9. The van der Waals surface area contributed by atoms with Gasteiger partial charge in [0.1, 0.15) is 5.82 Å². The van der Waals surface area contributed by atoms with Crippen molar-refractivity contribution in [3.63, 3.8) is 0 Å². The van der Waals surface area contributed by atoms with Crippen molar-refractivity contribution < 1.29 is 13.2 Å². The quantitative estimate of drug-likeness (QED) is 0.643. The fourth-order valence-corrected chi connectivity index (χ4v) is 3.51. The van der Waals surface area contributed by atoms with Gasteiger partial charge in [0.15, 0.2) is 0 Å². The van der Waals surface area contributed by atoms with E-state index in [9.17, 15) is 13.2 Å². The fourth-order valence-electron chi connectivity index (χ4n) is 2.65. The Kier molecular flexibility index (Phi) is 5.71. The highest BCUT2D eigenvalue weighted by Crippen LogP contribution is 2.24. The summed E-state index contributed by atoms with van der Waals surface area (Å²) in [6.45, 7) is 2.28. The summed E-state index contributed by atoms with van der Waals surface area (Å²) in [4.78, 5) is 16.5. The van der Waals surface area contributed by atoms with Gasteiger partial charge in [-0.2, -0.15) is 0 Å². The summed E-state index contributed by atoms with van der Waals surface area (Å²) in [5.74, 6) is 0.592. The number of halogens is 1. The molecule has 0 unspecified atom stereocenters. The minimum Gasteiger partial charge on any atom is -0.348 e. The SMILES string of the molecule is Cc1nccn1-c1ccc(CNC(=O)c2ccc(NS(C)(=O)=O)c(Cl)c2)cc1. The van der Waals surface area contributed by atoms with E-state index in [1.54, 1.807) is 6.20 Å². The number of nitrogens with zero attached hydrogens (tertiary/aromatic N) is 2. The van der Waals surface area contributed by atoms with E-state index in [0.29, 0.717) is 12.1 Å². The smallest absolute Gasteiger partial charge is 0.251 e. The molecule has 0 atom stereocenters. The number of hydrogen-bond donors (Lipinski definition) is 2. The standard InChI is InChI=1S/C19H19ClN4O3S/c1-13-21-9-10-24(13)16-6-3-14(4-7-16)12-22-19(25)15-5-8-18(17(20)11-15)23-28(2,26)27/h3-11,23H,12H2,1-2H3,(H,22,25). The van der Waals surface area contributed by atoms with Crippen LogP contribution in [0.1, 0.15) is 21.7 Å². The fraction of sp³-hybridized carbons (Fsp3) is 0.158. The van der Waals surface area contributed by atoms with Crippen molar-refractivity contribution in [1.82, 2.24) is 14.9 Å². The molecule has 1 heterocycles. The number of aromatic nitrogens is 2. The van der Waals surface area contributed by atoms with Gasteiger partial charge in [-0.05, 0) is 42.8 Å². The first kappa shape index (κ1) is 19.9. The van der Waals surface area contributed by atoms with Gasteiger partial charge in [-0.15, -0.1) is 0 Å². The number of amides is 1. The highest BCUT2D eigenvalue weighted by atomic mass is 35.5. The van der Waals surface area contributed by atoms with Crippen molar-refractivity contribution in [3.05, 3.63) is 76.8 Å². The maximum atomic E-state index is 12.3. The Balaban J connectivity index is 1.64. The molecule has 28 heavy (non-hydrogen) atoms. The molecule has 0 saturated carbocycles. The van der Waals surface area contributed by atoms with Crippen LogP contribution in [-0.4, -0.2) is 30.1 Å². The number of sulfonamides is 1. The number of imidazole rings is 1. The molecule has 1 aromatic heterocycles. The number of carbonyl (C=O) groups is 1. The van der Waals surface area contributed by atoms with Crippen molar-refractivity contribution in [2.75, 3.05) is 11.0 Å². The van der Waals surface area contributed by atoms with Crippen LogP contribution >= 0.6 is 11.6 Å². The van der Waals surface area contributed by atoms with Crippen molar-refractivity contribution in [1.29, 1.82) is 0 Å². The predicted molar refractivity (Wildman–Crippen MR) is 109 cm³/mol. The van der Waals surface area contributed by atoms with Gasteiger partial charge in [-0.3, -0.25) is 9.52 Å². The second-order valence-corrected chi connectivity index (χ2v) is 8.42. The van der Waals surface area contributed by atoms with Gasteiger partial charge in [0.05, 0.1) is 17.0 Å². The highest BCUT2D eigenvalue weighted by molar-refractivity contribution is 7.92. The molecule has 2 aromatic carbocycles. The third-order valence-corrected chi connectivity index (χ3v) is 4.92. The highest BCUT2D eigenvalue weighted by Gasteiger charge is 2.11. The Morgan fingerprint density at radius 2 is 1.89 bits per heavy atom. The third-order valence-electron chi connectivity index (χ3n) is 4.02. The number of carbonyl (C=O) groups excluding carboxylic acids is 1. The molecule has 2 N–H and O–H groups in total. The maximum Gasteiger partial charge on any atom is 0.251 e. The lowest BCUT2D eigenvalue weighted by molar-refractivity contribution is 0.0951. The van der Waals surface area contributed by atoms with Crippen LogP contribution in [0.15, 0.2) is 54.9 Å². The molecule has 3 aromatic rings. The zero-order valence-corrected chi connectivity index (χ0v) is 16.9. The topological polar surface area (TPSA) is 93.1 Å². The lowest BCUT2D eigenvalue weighted by Gasteiger charge is -2.10. The predicted octanol–water partition coefficient (Wildman–Crippen LogP) is 3.14. The van der Waals surface area contributed by atoms with E-state index in [4.69, 9.17) is 11.6 Å². The van der Waals surface area contributed by atoms with Crippen LogP contribution < -0.4 is 10.0 Å². The van der Waals surface area contributed by atoms with Crippen LogP contribution in [0.2, 0.25) is 5.02 Å². The molecular formula is C19H19ClN4O3S. The zero-order valence-electron chi connectivity index (χ0n) is 15.3. The second kappa shape index (κ2) is 8.04. The Bertz CT molecular complexity index is 1110. The van der Waals surface area contributed by atoms with Gasteiger partial charge in [-0.25, -0.2) is 13.4 Å². The van der Waals surface area contributed by atoms with E-state index >= 15 is 0 Å². The third kappa shape index (κ3) is 4.90. The van der Waals surface area contributed by atoms with Crippen molar-refractivity contribution in [2.45, 2.75) is 13.5 Å². The van der Waals surface area contributed by atoms with Gasteiger partial charge in [0, 0.05) is 30.2 Å². The Hall–Kier alpha value is -2.84. The number of hydrogen-bond acceptors (Lipinski definition) is 4. The molecule has 9 heteroatoms. The van der Waals surface area contributed by atoms with Crippen LogP contribution in [0.5, 0.6) is 0 Å². The molecule has 0 aliphatic carbocycles. The lowest BCUT2D eigenvalue weighted by atomic mass is 10.1. The first-order valence-electron chi connectivity index (χ1n) is 8.38. The van der Waals surface area contributed by atoms with Gasteiger partial charge >= 0.3 is 0 Å². The molecule has 0 bridgehead atoms. The van der Waals surface area contributed by atoms with E-state index < -0.39 is 10.0 Å². The zero-order chi connectivity index (χ0) is 20.3. The summed E-state index contributed by atoms with van der Waals surface area (Å²) in [5, 5.41) is 2.97. The molecule has 3 rings (SSSR count). The minimum absolute atomic E-state index is 0.151. The average molecular weight is 419 g/mol. The molecule has 1 amide bonds. The largest absolute Gasteiger partial charge is 0.348 e. The molecule has 7 nitrogen and oxygen atoms in total. The van der Waals surface area contributed by atoms with Crippen molar-refractivity contribution >= 4 is 33.2 Å². The summed E-state index contributed by atoms with van der Waals surface area (Å²) in [6.07, 6.45) is 4.66. The maximum absolute atomic E-state index is 12.3. The van der Waals surface area contributed by atoms with Gasteiger partial charge in [0.25, 0.3) is 5.91 Å². The van der Waals surface area contributed by atoms with Gasteiger partial charge < -0.3 is 9.88 Å². The summed E-state index contributed by atoms with van der Waals surface area (Å²) >= 11 is 6.06. The molecule has 0 radical (unpaired) electrons. The summed E-state index contributed by atoms with van der Waals surface area (Å²) in [7, 11) is -3.44. The first-order valence-corrected chi connectivity index (χ1v) is 10.6. The van der Waals surface area contributed by atoms with Crippen LogP contribution in [0.3, 0.4) is 0 Å². The Morgan fingerprint density at radius 3 is 2.46 bits per heavy atom. The van der Waals surface area contributed by atoms with Crippen molar-refractivity contribution in [3.8, 4) is 5.69 Å². The van der Waals surface area contributed by atoms with E-state index in [2.05, 4.69) is 15.0 Å². The number of benzene rings is 2. The van der Waals surface area contributed by atoms with E-state index in [0.717, 1.165) is 23.3 Å². The number of nitrogens with one attached hydrogen (secondary N) is 2. The Labute approximate surface area is 168 Å². The molecule has 0 aliphatic heterocycles. The van der Waals surface area contributed by atoms with Crippen LogP contribution in [-0.2, 0) is 16.6 Å². The molecule has 146 valence electrons. The molecular weight excluding hydrogens is 400 g/mol. The molecule has 0 spiro atoms. The van der Waals surface area contributed by atoms with Gasteiger partial charge in [-0.1, -0.05) is 23.7 Å². The Morgan fingerprint density at radius 1 is 1.18 bits per heavy atom. The second-order valence-electron chi connectivity index (χ2n) is 6.26. The van der Waals surface area contributed by atoms with E-state index in [1.807, 2.05) is 42.0 Å². The van der Waals surface area contributed by atoms with Crippen LogP contribution in [0.25, 0.3) is 5.69 Å². The first-order chi connectivity index (χ1) is 13.2. The monoisotopic (exact) mass is 418 g/mol. The molecule has 0 fully saturated rings. The van der Waals surface area contributed by atoms with Crippen molar-refractivity contribution in [2.24, 2.45) is 0 Å². The minimum atomic E-state index is -3.44. The van der Waals surface area contributed by atoms with Crippen LogP contribution in [0.4, 0.5) is 5.69 Å². The average Bonchev–Trinajstić information content (AvgIpc) is 3.07. The lowest BCUT2D eigenvalue weighted by Crippen LogP contribution is -2.22. The summed E-state index contributed by atoms with van der Waals surface area (Å²) in [5.41, 5.74) is 2.50. The number of rotatable bonds is 6. The number of aryl methyl sites for hydroxylation is 1. The van der Waals surface area contributed by atoms with E-state index in [1.165, 1.54) is 18.2 Å².